The van der Waals surface area contributed by atoms with Gasteiger partial charge in [0.05, 0.1) is 0 Å². The maximum absolute atomic E-state index is 10.9. The molecule has 1 aromatic heterocycles. The number of hydrogen-bond donors (Lipinski definition) is 2. The van der Waals surface area contributed by atoms with E-state index in [4.69, 9.17) is 0 Å². The summed E-state index contributed by atoms with van der Waals surface area (Å²) in [6.45, 7) is 0.647. The minimum Gasteiger partial charge on any atom is -0.354 e. The third-order valence-electron chi connectivity index (χ3n) is 2.22. The summed E-state index contributed by atoms with van der Waals surface area (Å²) in [4.78, 5) is 19.2. The summed E-state index contributed by atoms with van der Waals surface area (Å²) in [5.41, 5.74) is 0. The van der Waals surface area contributed by atoms with Crippen molar-refractivity contribution in [1.82, 2.24) is 15.3 Å². The lowest BCUT2D eigenvalue weighted by atomic mass is 10.1. The lowest BCUT2D eigenvalue weighted by Crippen LogP contribution is -2.42. The van der Waals surface area contributed by atoms with Gasteiger partial charge in [-0.05, 0) is 29.0 Å². The molecule has 1 unspecified atom stereocenters. The number of halogens is 1. The van der Waals surface area contributed by atoms with Crippen molar-refractivity contribution in [1.29, 1.82) is 0 Å². The highest BCUT2D eigenvalue weighted by atomic mass is 127. The van der Waals surface area contributed by atoms with Crippen molar-refractivity contribution in [2.75, 3.05) is 11.9 Å². The average Bonchev–Trinajstić information content (AvgIpc) is 2.25. The number of anilines is 1. The van der Waals surface area contributed by atoms with Gasteiger partial charge in [0.2, 0.25) is 11.9 Å². The van der Waals surface area contributed by atoms with E-state index in [0.717, 1.165) is 9.99 Å². The second-order valence-corrected chi connectivity index (χ2v) is 4.65. The maximum atomic E-state index is 10.9. The zero-order valence-electron chi connectivity index (χ0n) is 8.03. The topological polar surface area (TPSA) is 66.9 Å². The van der Waals surface area contributed by atoms with E-state index in [2.05, 4.69) is 43.2 Å². The number of nitrogens with one attached hydrogen (secondary N) is 2. The molecule has 1 saturated heterocycles. The van der Waals surface area contributed by atoms with E-state index >= 15 is 0 Å². The number of carbonyl (C=O) groups excluding carboxylic acids is 1. The van der Waals surface area contributed by atoms with E-state index in [9.17, 15) is 4.79 Å². The van der Waals surface area contributed by atoms with Crippen molar-refractivity contribution < 1.29 is 4.79 Å². The van der Waals surface area contributed by atoms with Crippen LogP contribution < -0.4 is 10.6 Å². The first-order valence-electron chi connectivity index (χ1n) is 4.75. The lowest BCUT2D eigenvalue weighted by molar-refractivity contribution is -0.122. The fraction of sp³-hybridized carbons (Fsp3) is 0.444. The molecule has 0 aliphatic carbocycles. The highest BCUT2D eigenvalue weighted by molar-refractivity contribution is 14.1. The summed E-state index contributed by atoms with van der Waals surface area (Å²) < 4.78 is 1.01. The van der Waals surface area contributed by atoms with E-state index in [1.54, 1.807) is 12.4 Å². The van der Waals surface area contributed by atoms with Crippen LogP contribution in [0.15, 0.2) is 12.4 Å². The standard InChI is InChI=1S/C9H11IN4O/c10-6-3-12-9(13-4-6)14-7-1-2-8(15)11-5-7/h3-4,7H,1-2,5H2,(H,11,15)(H,12,13,14). The number of carbonyl (C=O) groups is 1. The van der Waals surface area contributed by atoms with Gasteiger partial charge in [0.1, 0.15) is 0 Å². The molecule has 80 valence electrons. The number of piperidine rings is 1. The van der Waals surface area contributed by atoms with Crippen LogP contribution in [0.1, 0.15) is 12.8 Å². The fourth-order valence-corrected chi connectivity index (χ4v) is 1.70. The molecule has 0 spiro atoms. The molecule has 1 atom stereocenters. The van der Waals surface area contributed by atoms with Crippen molar-refractivity contribution in [3.63, 3.8) is 0 Å². The van der Waals surface area contributed by atoms with Crippen LogP contribution in [0.4, 0.5) is 5.95 Å². The van der Waals surface area contributed by atoms with Gasteiger partial charge in [-0.1, -0.05) is 0 Å². The first kappa shape index (κ1) is 10.6. The van der Waals surface area contributed by atoms with Gasteiger partial charge in [-0.15, -0.1) is 0 Å². The monoisotopic (exact) mass is 318 g/mol. The zero-order chi connectivity index (χ0) is 10.7. The van der Waals surface area contributed by atoms with Gasteiger partial charge in [-0.3, -0.25) is 4.79 Å². The number of nitrogens with zero attached hydrogens (tertiary/aromatic N) is 2. The van der Waals surface area contributed by atoms with E-state index in [-0.39, 0.29) is 11.9 Å². The highest BCUT2D eigenvalue weighted by Crippen LogP contribution is 2.09. The zero-order valence-corrected chi connectivity index (χ0v) is 10.2. The molecule has 0 bridgehead atoms. The Labute approximate surface area is 101 Å². The Bertz CT molecular complexity index is 344. The smallest absolute Gasteiger partial charge is 0.222 e. The van der Waals surface area contributed by atoms with Gasteiger partial charge in [0.15, 0.2) is 0 Å². The number of amides is 1. The second kappa shape index (κ2) is 4.73. The first-order chi connectivity index (χ1) is 7.24. The van der Waals surface area contributed by atoms with Crippen LogP contribution in [0.25, 0.3) is 0 Å². The summed E-state index contributed by atoms with van der Waals surface area (Å²) in [5.74, 6) is 0.744. The van der Waals surface area contributed by atoms with Crippen molar-refractivity contribution in [3.8, 4) is 0 Å². The van der Waals surface area contributed by atoms with Crippen molar-refractivity contribution in [2.45, 2.75) is 18.9 Å². The predicted molar refractivity (Wildman–Crippen MR) is 64.4 cm³/mol. The van der Waals surface area contributed by atoms with E-state index < -0.39 is 0 Å². The summed E-state index contributed by atoms with van der Waals surface area (Å²) in [5, 5.41) is 5.99. The van der Waals surface area contributed by atoms with Crippen LogP contribution in [0.2, 0.25) is 0 Å². The van der Waals surface area contributed by atoms with Crippen molar-refractivity contribution in [3.05, 3.63) is 16.0 Å². The van der Waals surface area contributed by atoms with Gasteiger partial charge < -0.3 is 10.6 Å². The summed E-state index contributed by atoms with van der Waals surface area (Å²) in [6.07, 6.45) is 4.93. The van der Waals surface area contributed by atoms with Gasteiger partial charge in [-0.2, -0.15) is 0 Å². The van der Waals surface area contributed by atoms with E-state index in [1.807, 2.05) is 0 Å². The molecule has 1 fully saturated rings. The van der Waals surface area contributed by atoms with Crippen molar-refractivity contribution >= 4 is 34.4 Å². The second-order valence-electron chi connectivity index (χ2n) is 3.41. The Hall–Kier alpha value is -0.920. The Morgan fingerprint density at radius 3 is 2.80 bits per heavy atom. The molecule has 0 aromatic carbocycles. The molecule has 2 heterocycles. The molecular weight excluding hydrogens is 307 g/mol. The summed E-state index contributed by atoms with van der Waals surface area (Å²) in [6, 6.07) is 0.239. The van der Waals surface area contributed by atoms with Crippen LogP contribution in [0.5, 0.6) is 0 Å². The molecular formula is C9H11IN4O. The van der Waals surface area contributed by atoms with Gasteiger partial charge in [0.25, 0.3) is 0 Å². The largest absolute Gasteiger partial charge is 0.354 e. The van der Waals surface area contributed by atoms with Crippen LogP contribution >= 0.6 is 22.6 Å². The molecule has 1 aliphatic rings. The van der Waals surface area contributed by atoms with Crippen LogP contribution in [0.3, 0.4) is 0 Å². The molecule has 0 radical (unpaired) electrons. The van der Waals surface area contributed by atoms with Gasteiger partial charge >= 0.3 is 0 Å². The molecule has 5 nitrogen and oxygen atoms in total. The minimum absolute atomic E-state index is 0.122. The minimum atomic E-state index is 0.122. The quantitative estimate of drug-likeness (QED) is 0.791. The Morgan fingerprint density at radius 2 is 2.20 bits per heavy atom. The molecule has 15 heavy (non-hydrogen) atoms. The highest BCUT2D eigenvalue weighted by Gasteiger charge is 2.17. The van der Waals surface area contributed by atoms with E-state index in [1.165, 1.54) is 0 Å². The molecule has 1 amide bonds. The van der Waals surface area contributed by atoms with Gasteiger partial charge in [-0.25, -0.2) is 9.97 Å². The number of aromatic nitrogens is 2. The van der Waals surface area contributed by atoms with Crippen molar-refractivity contribution in [2.24, 2.45) is 0 Å². The number of rotatable bonds is 2. The lowest BCUT2D eigenvalue weighted by Gasteiger charge is -2.23. The van der Waals surface area contributed by atoms with Crippen LogP contribution in [-0.2, 0) is 4.79 Å². The molecule has 1 aromatic rings. The molecule has 0 saturated carbocycles. The summed E-state index contributed by atoms with van der Waals surface area (Å²) >= 11 is 2.16. The van der Waals surface area contributed by atoms with Crippen LogP contribution in [-0.4, -0.2) is 28.5 Å². The Balaban J connectivity index is 1.91. The molecule has 2 N–H and O–H groups in total. The first-order valence-corrected chi connectivity index (χ1v) is 5.83. The third-order valence-corrected chi connectivity index (χ3v) is 2.78. The number of hydrogen-bond acceptors (Lipinski definition) is 4. The van der Waals surface area contributed by atoms with Gasteiger partial charge in [0, 0.05) is 35.0 Å². The van der Waals surface area contributed by atoms with Crippen LogP contribution in [0, 0.1) is 3.57 Å². The maximum Gasteiger partial charge on any atom is 0.222 e. The third kappa shape index (κ3) is 3.01. The SMILES string of the molecule is O=C1CCC(Nc2ncc(I)cn2)CN1. The molecule has 1 aliphatic heterocycles. The Morgan fingerprint density at radius 1 is 1.47 bits per heavy atom. The normalized spacial score (nSPS) is 20.9. The molecule has 6 heteroatoms. The predicted octanol–water partition coefficient (Wildman–Crippen LogP) is 0.772. The Kier molecular flexibility index (Phi) is 3.34. The fourth-order valence-electron chi connectivity index (χ4n) is 1.43. The summed E-state index contributed by atoms with van der Waals surface area (Å²) in [7, 11) is 0. The average molecular weight is 318 g/mol. The van der Waals surface area contributed by atoms with E-state index in [0.29, 0.717) is 18.9 Å². The molecule has 2 rings (SSSR count).